The Kier molecular flexibility index (Phi) is 3.34. The second-order valence-electron chi connectivity index (χ2n) is 5.45. The second-order valence-corrected chi connectivity index (χ2v) is 5.98. The predicted octanol–water partition coefficient (Wildman–Crippen LogP) is 2.15. The van der Waals surface area contributed by atoms with Gasteiger partial charge in [0.25, 0.3) is 5.91 Å². The van der Waals surface area contributed by atoms with Crippen LogP contribution in [-0.4, -0.2) is 24.4 Å². The fourth-order valence-corrected chi connectivity index (χ4v) is 3.35. The van der Waals surface area contributed by atoms with Crippen molar-refractivity contribution in [2.24, 2.45) is 0 Å². The van der Waals surface area contributed by atoms with E-state index in [2.05, 4.69) is 23.8 Å². The van der Waals surface area contributed by atoms with Crippen molar-refractivity contribution in [3.05, 3.63) is 41.2 Å². The van der Waals surface area contributed by atoms with Gasteiger partial charge in [0.1, 0.15) is 11.0 Å². The summed E-state index contributed by atoms with van der Waals surface area (Å²) < 4.78 is 10.4. The summed E-state index contributed by atoms with van der Waals surface area (Å²) in [5.41, 5.74) is 4.57. The van der Waals surface area contributed by atoms with Gasteiger partial charge in [-0.2, -0.15) is 13.8 Å². The lowest BCUT2D eigenvalue weighted by Gasteiger charge is -2.14. The van der Waals surface area contributed by atoms with E-state index in [1.165, 1.54) is 18.5 Å². The molecule has 112 valence electrons. The highest BCUT2D eigenvalue weighted by molar-refractivity contribution is 7.00. The van der Waals surface area contributed by atoms with Gasteiger partial charge in [-0.05, 0) is 37.5 Å². The second kappa shape index (κ2) is 5.49. The summed E-state index contributed by atoms with van der Waals surface area (Å²) in [5.74, 6) is -0.0920. The van der Waals surface area contributed by atoms with Crippen molar-refractivity contribution < 1.29 is 4.79 Å². The third-order valence-electron chi connectivity index (χ3n) is 4.02. The minimum Gasteiger partial charge on any atom is -0.348 e. The molecule has 7 heteroatoms. The van der Waals surface area contributed by atoms with Crippen molar-refractivity contribution in [1.82, 2.24) is 23.8 Å². The molecule has 0 aliphatic carbocycles. The number of amides is 1. The summed E-state index contributed by atoms with van der Waals surface area (Å²) in [6, 6.07) is 5.39. The molecule has 1 aliphatic rings. The first-order chi connectivity index (χ1) is 10.8. The van der Waals surface area contributed by atoms with E-state index < -0.39 is 0 Å². The zero-order chi connectivity index (χ0) is 14.9. The quantitative estimate of drug-likeness (QED) is 0.804. The van der Waals surface area contributed by atoms with Crippen molar-refractivity contribution in [2.75, 3.05) is 0 Å². The normalized spacial score (nSPS) is 14.0. The maximum absolute atomic E-state index is 12.3. The van der Waals surface area contributed by atoms with Crippen LogP contribution in [0.25, 0.3) is 11.0 Å². The number of aryl methyl sites for hydroxylation is 1. The van der Waals surface area contributed by atoms with Crippen LogP contribution < -0.4 is 5.32 Å². The molecule has 0 atom stereocenters. The molecule has 1 N–H and O–H groups in total. The lowest BCUT2D eigenvalue weighted by Crippen LogP contribution is -2.23. The number of aromatic nitrogens is 4. The maximum Gasteiger partial charge on any atom is 0.251 e. The summed E-state index contributed by atoms with van der Waals surface area (Å²) >= 11 is 1.16. The van der Waals surface area contributed by atoms with Crippen LogP contribution in [0.1, 0.15) is 34.5 Å². The Bertz CT molecular complexity index is 837. The van der Waals surface area contributed by atoms with Gasteiger partial charge in [-0.1, -0.05) is 0 Å². The van der Waals surface area contributed by atoms with Gasteiger partial charge in [0, 0.05) is 29.9 Å². The Morgan fingerprint density at radius 3 is 3.14 bits per heavy atom. The van der Waals surface area contributed by atoms with Crippen LogP contribution in [0.15, 0.2) is 24.4 Å². The molecule has 3 heterocycles. The molecule has 0 saturated carbocycles. The Morgan fingerprint density at radius 2 is 2.18 bits per heavy atom. The number of benzene rings is 1. The molecular formula is C15H15N5OS. The molecule has 4 rings (SSSR count). The molecule has 0 unspecified atom stereocenters. The monoisotopic (exact) mass is 313 g/mol. The number of carbonyl (C=O) groups is 1. The molecule has 0 saturated heterocycles. The van der Waals surface area contributed by atoms with Crippen molar-refractivity contribution >= 4 is 28.7 Å². The fourth-order valence-electron chi connectivity index (χ4n) is 2.83. The molecule has 0 fully saturated rings. The van der Waals surface area contributed by atoms with Crippen molar-refractivity contribution in [3.8, 4) is 0 Å². The molecule has 0 spiro atoms. The van der Waals surface area contributed by atoms with Crippen LogP contribution in [0.4, 0.5) is 0 Å². The molecule has 1 aromatic carbocycles. The zero-order valence-electron chi connectivity index (χ0n) is 12.0. The van der Waals surface area contributed by atoms with E-state index in [1.807, 2.05) is 12.3 Å². The molecule has 6 nitrogen and oxygen atoms in total. The lowest BCUT2D eigenvalue weighted by atomic mass is 10.1. The molecule has 0 bridgehead atoms. The number of nitrogens with one attached hydrogen (secondary N) is 1. The van der Waals surface area contributed by atoms with E-state index in [0.29, 0.717) is 12.1 Å². The average Bonchev–Trinajstić information content (AvgIpc) is 3.18. The standard InChI is InChI=1S/C15H15N5OS/c21-15(10-4-5-12-13(7-10)19-22-18-12)16-8-11-9-17-20-6-2-1-3-14(11)20/h4-5,7,9H,1-3,6,8H2,(H,16,21). The van der Waals surface area contributed by atoms with Crippen LogP contribution in [0.3, 0.4) is 0 Å². The van der Waals surface area contributed by atoms with Gasteiger partial charge in [-0.15, -0.1) is 0 Å². The zero-order valence-corrected chi connectivity index (χ0v) is 12.8. The van der Waals surface area contributed by atoms with E-state index in [4.69, 9.17) is 0 Å². The molecule has 22 heavy (non-hydrogen) atoms. The topological polar surface area (TPSA) is 72.7 Å². The smallest absolute Gasteiger partial charge is 0.251 e. The van der Waals surface area contributed by atoms with Gasteiger partial charge in [0.15, 0.2) is 0 Å². The molecular weight excluding hydrogens is 298 g/mol. The van der Waals surface area contributed by atoms with Gasteiger partial charge in [-0.25, -0.2) is 0 Å². The van der Waals surface area contributed by atoms with Crippen LogP contribution in [-0.2, 0) is 19.5 Å². The van der Waals surface area contributed by atoms with Crippen LogP contribution in [0.2, 0.25) is 0 Å². The van der Waals surface area contributed by atoms with Crippen molar-refractivity contribution in [1.29, 1.82) is 0 Å². The van der Waals surface area contributed by atoms with E-state index in [1.54, 1.807) is 12.1 Å². The number of rotatable bonds is 3. The summed E-state index contributed by atoms with van der Waals surface area (Å²) in [6.07, 6.45) is 5.29. The molecule has 3 aromatic rings. The highest BCUT2D eigenvalue weighted by Crippen LogP contribution is 2.18. The Labute approximate surface area is 131 Å². The number of carbonyl (C=O) groups excluding carboxylic acids is 1. The molecule has 1 amide bonds. The summed E-state index contributed by atoms with van der Waals surface area (Å²) in [5, 5.41) is 7.36. The van der Waals surface area contributed by atoms with Crippen LogP contribution in [0.5, 0.6) is 0 Å². The van der Waals surface area contributed by atoms with E-state index >= 15 is 0 Å². The van der Waals surface area contributed by atoms with E-state index in [9.17, 15) is 4.79 Å². The number of hydrogen-bond acceptors (Lipinski definition) is 5. The summed E-state index contributed by atoms with van der Waals surface area (Å²) in [4.78, 5) is 12.3. The number of nitrogens with zero attached hydrogens (tertiary/aromatic N) is 4. The highest BCUT2D eigenvalue weighted by Gasteiger charge is 2.15. The maximum atomic E-state index is 12.3. The largest absolute Gasteiger partial charge is 0.348 e. The van der Waals surface area contributed by atoms with Crippen molar-refractivity contribution in [3.63, 3.8) is 0 Å². The van der Waals surface area contributed by atoms with E-state index in [-0.39, 0.29) is 5.91 Å². The first kappa shape index (κ1) is 13.4. The predicted molar refractivity (Wildman–Crippen MR) is 83.8 cm³/mol. The van der Waals surface area contributed by atoms with Gasteiger partial charge in [-0.3, -0.25) is 9.48 Å². The molecule has 0 radical (unpaired) electrons. The highest BCUT2D eigenvalue weighted by atomic mass is 32.1. The Morgan fingerprint density at radius 1 is 1.27 bits per heavy atom. The van der Waals surface area contributed by atoms with Crippen LogP contribution in [0, 0.1) is 0 Å². The summed E-state index contributed by atoms with van der Waals surface area (Å²) in [6.45, 7) is 1.50. The first-order valence-corrected chi connectivity index (χ1v) is 8.08. The van der Waals surface area contributed by atoms with Gasteiger partial charge < -0.3 is 5.32 Å². The lowest BCUT2D eigenvalue weighted by molar-refractivity contribution is 0.0951. The van der Waals surface area contributed by atoms with Gasteiger partial charge in [0.2, 0.25) is 0 Å². The third-order valence-corrected chi connectivity index (χ3v) is 4.58. The molecule has 1 aliphatic heterocycles. The summed E-state index contributed by atoms with van der Waals surface area (Å²) in [7, 11) is 0. The third kappa shape index (κ3) is 2.37. The van der Waals surface area contributed by atoms with Gasteiger partial charge in [0.05, 0.1) is 17.9 Å². The first-order valence-electron chi connectivity index (χ1n) is 7.35. The Balaban J connectivity index is 1.49. The molecule has 2 aromatic heterocycles. The number of fused-ring (bicyclic) bond motifs is 2. The van der Waals surface area contributed by atoms with E-state index in [0.717, 1.165) is 41.3 Å². The average molecular weight is 313 g/mol. The minimum absolute atomic E-state index is 0.0920. The minimum atomic E-state index is -0.0920. The van der Waals surface area contributed by atoms with Crippen molar-refractivity contribution in [2.45, 2.75) is 32.4 Å². The SMILES string of the molecule is O=C(NCc1cnn2c1CCCC2)c1ccc2nsnc2c1. The number of hydrogen-bond donors (Lipinski definition) is 1. The Hall–Kier alpha value is -2.28. The van der Waals surface area contributed by atoms with Crippen LogP contribution >= 0.6 is 11.7 Å². The fraction of sp³-hybridized carbons (Fsp3) is 0.333. The van der Waals surface area contributed by atoms with Gasteiger partial charge >= 0.3 is 0 Å².